The molecule has 3 rings (SSSR count). The standard InChI is InChI=1S/C25H27BrClNO5/c1-4-32-20-10-9-17(14-19(20)27)23(29)21-22(16-7-5-8-18(26)13-16)28(25(31)24(21)30)11-6-12-33-15(2)3/h5,7-10,13-15,22,29H,4,6,11-12H2,1-3H3/t22-/m0/s1. The molecule has 1 aliphatic rings. The zero-order valence-corrected chi connectivity index (χ0v) is 21.1. The van der Waals surface area contributed by atoms with Gasteiger partial charge in [-0.3, -0.25) is 9.59 Å². The number of carbonyl (C=O) groups is 2. The number of Topliss-reactive ketones (excluding diaryl/α,β-unsaturated/α-hetero) is 1. The van der Waals surface area contributed by atoms with Crippen molar-refractivity contribution in [2.45, 2.75) is 39.3 Å². The molecular formula is C25H27BrClNO5. The van der Waals surface area contributed by atoms with Crippen molar-refractivity contribution in [1.82, 2.24) is 4.90 Å². The van der Waals surface area contributed by atoms with Gasteiger partial charge in [-0.05, 0) is 63.1 Å². The van der Waals surface area contributed by atoms with E-state index in [1.807, 2.05) is 45.0 Å². The van der Waals surface area contributed by atoms with Gasteiger partial charge in [0.05, 0.1) is 29.3 Å². The maximum atomic E-state index is 13.1. The zero-order valence-electron chi connectivity index (χ0n) is 18.8. The smallest absolute Gasteiger partial charge is 0.295 e. The summed E-state index contributed by atoms with van der Waals surface area (Å²) in [5, 5.41) is 11.5. The lowest BCUT2D eigenvalue weighted by Crippen LogP contribution is -2.31. The normalized spacial score (nSPS) is 17.8. The molecule has 0 spiro atoms. The molecule has 1 N–H and O–H groups in total. The van der Waals surface area contributed by atoms with Crippen molar-refractivity contribution >= 4 is 45.0 Å². The lowest BCUT2D eigenvalue weighted by Gasteiger charge is -2.25. The fourth-order valence-electron chi connectivity index (χ4n) is 3.76. The molecule has 1 heterocycles. The number of ketones is 1. The summed E-state index contributed by atoms with van der Waals surface area (Å²) >= 11 is 9.75. The third-order valence-electron chi connectivity index (χ3n) is 5.20. The van der Waals surface area contributed by atoms with Crippen molar-refractivity contribution in [3.8, 4) is 5.75 Å². The SMILES string of the molecule is CCOc1ccc(C(O)=C2C(=O)C(=O)N(CCCOC(C)C)[C@H]2c2cccc(Br)c2)cc1Cl. The van der Waals surface area contributed by atoms with Gasteiger partial charge in [-0.25, -0.2) is 0 Å². The Kier molecular flexibility index (Phi) is 8.57. The summed E-state index contributed by atoms with van der Waals surface area (Å²) in [5.41, 5.74) is 1.08. The topological polar surface area (TPSA) is 76.1 Å². The number of aliphatic hydroxyl groups is 1. The molecule has 1 atom stereocenters. The van der Waals surface area contributed by atoms with Crippen molar-refractivity contribution in [2.75, 3.05) is 19.8 Å². The molecule has 1 fully saturated rings. The number of halogens is 2. The molecule has 33 heavy (non-hydrogen) atoms. The van der Waals surface area contributed by atoms with Crippen LogP contribution in [0.25, 0.3) is 5.76 Å². The minimum atomic E-state index is -0.730. The number of benzene rings is 2. The summed E-state index contributed by atoms with van der Waals surface area (Å²) in [5.74, 6) is -1.18. The molecule has 6 nitrogen and oxygen atoms in total. The van der Waals surface area contributed by atoms with Crippen LogP contribution in [0.2, 0.25) is 5.02 Å². The number of ether oxygens (including phenoxy) is 2. The first-order valence-electron chi connectivity index (χ1n) is 10.8. The predicted octanol–water partition coefficient (Wildman–Crippen LogP) is 5.74. The van der Waals surface area contributed by atoms with Crippen molar-refractivity contribution in [3.05, 3.63) is 68.7 Å². The minimum Gasteiger partial charge on any atom is -0.507 e. The predicted molar refractivity (Wildman–Crippen MR) is 131 cm³/mol. The van der Waals surface area contributed by atoms with Crippen LogP contribution in [0, 0.1) is 0 Å². The van der Waals surface area contributed by atoms with E-state index in [1.165, 1.54) is 11.0 Å². The Labute approximate surface area is 207 Å². The van der Waals surface area contributed by atoms with Crippen molar-refractivity contribution in [1.29, 1.82) is 0 Å². The van der Waals surface area contributed by atoms with Gasteiger partial charge in [0.2, 0.25) is 0 Å². The van der Waals surface area contributed by atoms with E-state index in [9.17, 15) is 14.7 Å². The van der Waals surface area contributed by atoms with Crippen molar-refractivity contribution < 1.29 is 24.2 Å². The third-order valence-corrected chi connectivity index (χ3v) is 5.99. The number of rotatable bonds is 9. The second-order valence-electron chi connectivity index (χ2n) is 7.90. The molecule has 0 aromatic heterocycles. The molecule has 1 saturated heterocycles. The molecule has 8 heteroatoms. The minimum absolute atomic E-state index is 0.0307. The van der Waals surface area contributed by atoms with Gasteiger partial charge >= 0.3 is 0 Å². The number of carbonyl (C=O) groups excluding carboxylic acids is 2. The Morgan fingerprint density at radius 1 is 1.21 bits per heavy atom. The molecule has 0 unspecified atom stereocenters. The van der Waals surface area contributed by atoms with Gasteiger partial charge in [0.25, 0.3) is 11.7 Å². The summed E-state index contributed by atoms with van der Waals surface area (Å²) in [6.45, 7) is 6.94. The van der Waals surface area contributed by atoms with Crippen molar-refractivity contribution in [3.63, 3.8) is 0 Å². The number of aliphatic hydroxyl groups excluding tert-OH is 1. The Morgan fingerprint density at radius 2 is 1.97 bits per heavy atom. The monoisotopic (exact) mass is 535 g/mol. The molecule has 0 aliphatic carbocycles. The van der Waals surface area contributed by atoms with E-state index in [1.54, 1.807) is 12.1 Å². The van der Waals surface area contributed by atoms with Crippen LogP contribution >= 0.6 is 27.5 Å². The maximum absolute atomic E-state index is 13.1. The highest BCUT2D eigenvalue weighted by atomic mass is 79.9. The zero-order chi connectivity index (χ0) is 24.1. The maximum Gasteiger partial charge on any atom is 0.295 e. The van der Waals surface area contributed by atoms with E-state index < -0.39 is 17.7 Å². The van der Waals surface area contributed by atoms with E-state index in [0.29, 0.717) is 48.1 Å². The highest BCUT2D eigenvalue weighted by molar-refractivity contribution is 9.10. The van der Waals surface area contributed by atoms with Crippen LogP contribution < -0.4 is 4.74 Å². The lowest BCUT2D eigenvalue weighted by molar-refractivity contribution is -0.140. The Morgan fingerprint density at radius 3 is 2.61 bits per heavy atom. The second-order valence-corrected chi connectivity index (χ2v) is 9.22. The van der Waals surface area contributed by atoms with E-state index in [2.05, 4.69) is 15.9 Å². The molecule has 176 valence electrons. The van der Waals surface area contributed by atoms with Gasteiger partial charge < -0.3 is 19.5 Å². The quantitative estimate of drug-likeness (QED) is 0.191. The second kappa shape index (κ2) is 11.2. The summed E-state index contributed by atoms with van der Waals surface area (Å²) in [6.07, 6.45) is 0.635. The van der Waals surface area contributed by atoms with Gasteiger partial charge in [0.1, 0.15) is 11.5 Å². The van der Waals surface area contributed by atoms with E-state index in [4.69, 9.17) is 21.1 Å². The molecule has 0 radical (unpaired) electrons. The highest BCUT2D eigenvalue weighted by Gasteiger charge is 2.45. The lowest BCUT2D eigenvalue weighted by atomic mass is 9.95. The molecular weight excluding hydrogens is 510 g/mol. The molecule has 2 aromatic rings. The fourth-order valence-corrected chi connectivity index (χ4v) is 4.42. The molecule has 1 aliphatic heterocycles. The van der Waals surface area contributed by atoms with E-state index >= 15 is 0 Å². The van der Waals surface area contributed by atoms with Crippen LogP contribution in [0.5, 0.6) is 5.75 Å². The third kappa shape index (κ3) is 5.78. The number of hydrogen-bond acceptors (Lipinski definition) is 5. The Balaban J connectivity index is 2.04. The summed E-state index contributed by atoms with van der Waals surface area (Å²) in [6, 6.07) is 11.4. The van der Waals surface area contributed by atoms with Gasteiger partial charge in [0, 0.05) is 23.2 Å². The summed E-state index contributed by atoms with van der Waals surface area (Å²) < 4.78 is 11.8. The summed E-state index contributed by atoms with van der Waals surface area (Å²) in [4.78, 5) is 27.6. The Bertz CT molecular complexity index is 1070. The Hall–Kier alpha value is -2.35. The molecule has 2 aromatic carbocycles. The molecule has 0 bridgehead atoms. The van der Waals surface area contributed by atoms with Gasteiger partial charge in [-0.15, -0.1) is 0 Å². The fraction of sp³-hybridized carbons (Fsp3) is 0.360. The van der Waals surface area contributed by atoms with Crippen LogP contribution in [-0.4, -0.2) is 47.6 Å². The van der Waals surface area contributed by atoms with Crippen LogP contribution in [0.3, 0.4) is 0 Å². The average molecular weight is 537 g/mol. The van der Waals surface area contributed by atoms with Crippen LogP contribution in [0.4, 0.5) is 0 Å². The first-order chi connectivity index (χ1) is 15.7. The van der Waals surface area contributed by atoms with Gasteiger partial charge in [0.15, 0.2) is 0 Å². The first kappa shape index (κ1) is 25.3. The van der Waals surface area contributed by atoms with E-state index in [0.717, 1.165) is 4.47 Å². The highest BCUT2D eigenvalue weighted by Crippen LogP contribution is 2.41. The number of likely N-dealkylation sites (tertiary alicyclic amines) is 1. The van der Waals surface area contributed by atoms with Crippen LogP contribution in [0.15, 0.2) is 52.5 Å². The van der Waals surface area contributed by atoms with E-state index in [-0.39, 0.29) is 17.4 Å². The van der Waals surface area contributed by atoms with Gasteiger partial charge in [-0.2, -0.15) is 0 Å². The largest absolute Gasteiger partial charge is 0.507 e. The number of hydrogen-bond donors (Lipinski definition) is 1. The molecule has 1 amide bonds. The number of nitrogens with zero attached hydrogens (tertiary/aromatic N) is 1. The van der Waals surface area contributed by atoms with Gasteiger partial charge in [-0.1, -0.05) is 39.7 Å². The molecule has 0 saturated carbocycles. The van der Waals surface area contributed by atoms with Crippen LogP contribution in [-0.2, 0) is 14.3 Å². The van der Waals surface area contributed by atoms with Crippen LogP contribution in [0.1, 0.15) is 44.4 Å². The average Bonchev–Trinajstić information content (AvgIpc) is 3.02. The first-order valence-corrected chi connectivity index (χ1v) is 12.0. The summed E-state index contributed by atoms with van der Waals surface area (Å²) in [7, 11) is 0. The number of amides is 1. The van der Waals surface area contributed by atoms with Crippen molar-refractivity contribution in [2.24, 2.45) is 0 Å².